The van der Waals surface area contributed by atoms with Crippen molar-refractivity contribution in [3.8, 4) is 0 Å². The summed E-state index contributed by atoms with van der Waals surface area (Å²) < 4.78 is 10.6. The summed E-state index contributed by atoms with van der Waals surface area (Å²) >= 11 is 0. The van der Waals surface area contributed by atoms with Crippen LogP contribution in [0.15, 0.2) is 24.3 Å². The van der Waals surface area contributed by atoms with E-state index in [-0.39, 0.29) is 37.8 Å². The molecule has 7 heteroatoms. The van der Waals surface area contributed by atoms with Crippen molar-refractivity contribution >= 4 is 5.91 Å². The molecule has 0 unspecified atom stereocenters. The molecule has 1 saturated heterocycles. The summed E-state index contributed by atoms with van der Waals surface area (Å²) in [6, 6.07) is 8.02. The minimum absolute atomic E-state index is 0.0134. The van der Waals surface area contributed by atoms with Crippen LogP contribution in [0.2, 0.25) is 0 Å². The molecule has 1 amide bonds. The van der Waals surface area contributed by atoms with Crippen LogP contribution in [-0.4, -0.2) is 78.8 Å². The van der Waals surface area contributed by atoms with E-state index >= 15 is 0 Å². The number of fused-ring (bicyclic) bond motifs is 1. The molecule has 0 aliphatic carbocycles. The van der Waals surface area contributed by atoms with Gasteiger partial charge in [0, 0.05) is 26.7 Å². The second-order valence-electron chi connectivity index (χ2n) is 6.60. The quantitative estimate of drug-likeness (QED) is 0.628. The van der Waals surface area contributed by atoms with Crippen molar-refractivity contribution in [3.63, 3.8) is 0 Å². The number of ether oxygens (including phenoxy) is 2. The van der Waals surface area contributed by atoms with E-state index < -0.39 is 12.2 Å². The maximum atomic E-state index is 11.7. The minimum Gasteiger partial charge on any atom is -0.394 e. The van der Waals surface area contributed by atoms with Crippen LogP contribution < -0.4 is 5.32 Å². The summed E-state index contributed by atoms with van der Waals surface area (Å²) in [4.78, 5) is 13.9. The fourth-order valence-corrected chi connectivity index (χ4v) is 3.76. The van der Waals surface area contributed by atoms with E-state index in [9.17, 15) is 15.0 Å². The molecule has 3 rings (SSSR count). The van der Waals surface area contributed by atoms with Crippen LogP contribution >= 0.6 is 0 Å². The first-order valence-corrected chi connectivity index (χ1v) is 8.65. The molecule has 1 aromatic carbocycles. The molecule has 0 radical (unpaired) electrons. The molecule has 1 aromatic rings. The third-order valence-corrected chi connectivity index (χ3v) is 5.00. The van der Waals surface area contributed by atoms with Gasteiger partial charge in [-0.3, -0.25) is 9.69 Å². The highest BCUT2D eigenvalue weighted by atomic mass is 16.5. The Balaban J connectivity index is 1.71. The standard InChI is InChI=1S/C18H26N2O5/c1-24-11-16(22)19-8-14-17(18(23)15(10-21)25-14)20-7-6-12-4-2-3-5-13(12)9-20/h2-5,14-15,17-18,21,23H,6-11H2,1H3,(H,19,22)/t14-,15+,17+,18-/m1/s1. The van der Waals surface area contributed by atoms with E-state index in [2.05, 4.69) is 22.3 Å². The molecule has 7 nitrogen and oxygen atoms in total. The zero-order chi connectivity index (χ0) is 17.8. The van der Waals surface area contributed by atoms with Crippen molar-refractivity contribution in [3.05, 3.63) is 35.4 Å². The van der Waals surface area contributed by atoms with Gasteiger partial charge in [0.1, 0.15) is 18.8 Å². The van der Waals surface area contributed by atoms with Crippen LogP contribution in [0, 0.1) is 0 Å². The highest BCUT2D eigenvalue weighted by Gasteiger charge is 2.46. The largest absolute Gasteiger partial charge is 0.394 e. The Kier molecular flexibility index (Phi) is 6.03. The van der Waals surface area contributed by atoms with Crippen molar-refractivity contribution in [2.75, 3.05) is 33.4 Å². The fourth-order valence-electron chi connectivity index (χ4n) is 3.76. The molecule has 0 bridgehead atoms. The summed E-state index contributed by atoms with van der Waals surface area (Å²) in [6.45, 7) is 1.55. The van der Waals surface area contributed by atoms with Gasteiger partial charge in [-0.05, 0) is 17.5 Å². The first kappa shape index (κ1) is 18.3. The number of aliphatic hydroxyl groups is 2. The van der Waals surface area contributed by atoms with E-state index in [1.165, 1.54) is 18.2 Å². The van der Waals surface area contributed by atoms with Gasteiger partial charge in [0.25, 0.3) is 0 Å². The predicted octanol–water partition coefficient (Wildman–Crippen LogP) is -0.703. The van der Waals surface area contributed by atoms with Crippen molar-refractivity contribution in [1.82, 2.24) is 10.2 Å². The normalized spacial score (nSPS) is 29.4. The summed E-state index contributed by atoms with van der Waals surface area (Å²) in [7, 11) is 1.46. The van der Waals surface area contributed by atoms with E-state index in [4.69, 9.17) is 9.47 Å². The molecule has 4 atom stereocenters. The molecule has 1 fully saturated rings. The van der Waals surface area contributed by atoms with Crippen molar-refractivity contribution in [2.24, 2.45) is 0 Å². The number of hydrogen-bond donors (Lipinski definition) is 3. The number of hydrogen-bond acceptors (Lipinski definition) is 6. The second-order valence-corrected chi connectivity index (χ2v) is 6.60. The lowest BCUT2D eigenvalue weighted by Gasteiger charge is -2.37. The molecule has 3 N–H and O–H groups in total. The zero-order valence-electron chi connectivity index (χ0n) is 14.4. The number of nitrogens with one attached hydrogen (secondary N) is 1. The van der Waals surface area contributed by atoms with Crippen LogP contribution in [0.5, 0.6) is 0 Å². The SMILES string of the molecule is COCC(=O)NC[C@H]1O[C@@H](CO)[C@@H](O)[C@H]1N1CCc2ccccc2C1. The topological polar surface area (TPSA) is 91.3 Å². The van der Waals surface area contributed by atoms with Crippen molar-refractivity contribution in [2.45, 2.75) is 37.3 Å². The summed E-state index contributed by atoms with van der Waals surface area (Å²) in [6.07, 6.45) is -0.893. The van der Waals surface area contributed by atoms with Gasteiger partial charge in [-0.1, -0.05) is 24.3 Å². The molecule has 25 heavy (non-hydrogen) atoms. The van der Waals surface area contributed by atoms with Crippen LogP contribution in [0.4, 0.5) is 0 Å². The van der Waals surface area contributed by atoms with Gasteiger partial charge in [-0.15, -0.1) is 0 Å². The van der Waals surface area contributed by atoms with Crippen molar-refractivity contribution < 1.29 is 24.5 Å². The van der Waals surface area contributed by atoms with Crippen LogP contribution in [-0.2, 0) is 27.2 Å². The van der Waals surface area contributed by atoms with Gasteiger partial charge >= 0.3 is 0 Å². The van der Waals surface area contributed by atoms with Crippen LogP contribution in [0.25, 0.3) is 0 Å². The molecule has 2 aliphatic rings. The summed E-state index contributed by atoms with van der Waals surface area (Å²) in [5.74, 6) is -0.226. The Labute approximate surface area is 147 Å². The average Bonchev–Trinajstić information content (AvgIpc) is 2.95. The number of aliphatic hydroxyl groups excluding tert-OH is 2. The fraction of sp³-hybridized carbons (Fsp3) is 0.611. The molecular weight excluding hydrogens is 324 g/mol. The average molecular weight is 350 g/mol. The van der Waals surface area contributed by atoms with Gasteiger partial charge < -0.3 is 25.0 Å². The molecule has 0 saturated carbocycles. The van der Waals surface area contributed by atoms with Gasteiger partial charge in [0.2, 0.25) is 5.91 Å². The monoisotopic (exact) mass is 350 g/mol. The van der Waals surface area contributed by atoms with E-state index in [0.29, 0.717) is 0 Å². The van der Waals surface area contributed by atoms with E-state index in [1.54, 1.807) is 0 Å². The Hall–Kier alpha value is -1.51. The molecular formula is C18H26N2O5. The molecule has 0 spiro atoms. The van der Waals surface area contributed by atoms with E-state index in [1.807, 2.05) is 12.1 Å². The number of methoxy groups -OCH3 is 1. The summed E-state index contributed by atoms with van der Waals surface area (Å²) in [5, 5.41) is 22.9. The molecule has 0 aromatic heterocycles. The highest BCUT2D eigenvalue weighted by Crippen LogP contribution is 2.30. The Morgan fingerprint density at radius 2 is 2.12 bits per heavy atom. The number of carbonyl (C=O) groups excluding carboxylic acids is 1. The Morgan fingerprint density at radius 3 is 2.84 bits per heavy atom. The van der Waals surface area contributed by atoms with Gasteiger partial charge in [0.15, 0.2) is 0 Å². The third-order valence-electron chi connectivity index (χ3n) is 5.00. The van der Waals surface area contributed by atoms with Gasteiger partial charge in [-0.2, -0.15) is 0 Å². The molecule has 138 valence electrons. The Morgan fingerprint density at radius 1 is 1.36 bits per heavy atom. The van der Waals surface area contributed by atoms with Gasteiger partial charge in [-0.25, -0.2) is 0 Å². The Bertz CT molecular complexity index is 597. The van der Waals surface area contributed by atoms with Crippen LogP contribution in [0.3, 0.4) is 0 Å². The lowest BCUT2D eigenvalue weighted by Crippen LogP contribution is -2.52. The summed E-state index contributed by atoms with van der Waals surface area (Å²) in [5.41, 5.74) is 2.58. The maximum absolute atomic E-state index is 11.7. The number of rotatable bonds is 6. The molecule has 2 aliphatic heterocycles. The minimum atomic E-state index is -0.792. The zero-order valence-corrected chi connectivity index (χ0v) is 14.4. The first-order valence-electron chi connectivity index (χ1n) is 8.65. The number of benzene rings is 1. The number of carbonyl (C=O) groups is 1. The maximum Gasteiger partial charge on any atom is 0.246 e. The number of nitrogens with zero attached hydrogens (tertiary/aromatic N) is 1. The van der Waals surface area contributed by atoms with Crippen molar-refractivity contribution in [1.29, 1.82) is 0 Å². The molecule has 2 heterocycles. The van der Waals surface area contributed by atoms with E-state index in [0.717, 1.165) is 19.5 Å². The lowest BCUT2D eigenvalue weighted by molar-refractivity contribution is -0.125. The van der Waals surface area contributed by atoms with Crippen LogP contribution in [0.1, 0.15) is 11.1 Å². The second kappa shape index (κ2) is 8.25. The highest BCUT2D eigenvalue weighted by molar-refractivity contribution is 5.77. The smallest absolute Gasteiger partial charge is 0.246 e. The number of amides is 1. The predicted molar refractivity (Wildman–Crippen MR) is 91.0 cm³/mol. The lowest BCUT2D eigenvalue weighted by atomic mass is 9.95. The first-order chi connectivity index (χ1) is 12.1. The van der Waals surface area contributed by atoms with Gasteiger partial charge in [0.05, 0.1) is 18.8 Å². The third kappa shape index (κ3) is 4.02.